The summed E-state index contributed by atoms with van der Waals surface area (Å²) in [5.74, 6) is 0. The molecule has 1 rings (SSSR count). The number of hydrogen-bond acceptors (Lipinski definition) is 4. The number of rotatable bonds is 0. The summed E-state index contributed by atoms with van der Waals surface area (Å²) in [4.78, 5) is 0. The van der Waals surface area contributed by atoms with Crippen LogP contribution in [0.15, 0.2) is 15.4 Å². The fraction of sp³-hybridized carbons (Fsp3) is 0.500. The SMILES string of the molecule is S[C]1([Au])C=NN=N1. The zero-order chi connectivity index (χ0) is 5.33. The molecule has 0 spiro atoms. The van der Waals surface area contributed by atoms with Crippen LogP contribution in [0, 0.1) is 0 Å². The van der Waals surface area contributed by atoms with Crippen LogP contribution in [0.1, 0.15) is 0 Å². The van der Waals surface area contributed by atoms with Crippen molar-refractivity contribution in [3.8, 4) is 0 Å². The fourth-order valence-electron chi connectivity index (χ4n) is 0.206. The van der Waals surface area contributed by atoms with E-state index < -0.39 is 3.09 Å². The summed E-state index contributed by atoms with van der Waals surface area (Å²) in [6.45, 7) is 0. The van der Waals surface area contributed by atoms with E-state index >= 15 is 0 Å². The van der Waals surface area contributed by atoms with E-state index in [2.05, 4.69) is 49.1 Å². The Bertz CT molecular complexity index is 115. The molecule has 0 saturated carbocycles. The second kappa shape index (κ2) is 1.70. The minimum atomic E-state index is -0.500. The third-order valence-electron chi connectivity index (χ3n) is 0.441. The minimum absolute atomic E-state index is 0.500. The molecule has 7 heavy (non-hydrogen) atoms. The molecule has 1 unspecified atom stereocenters. The first-order valence-corrected chi connectivity index (χ1v) is 3.08. The first-order chi connectivity index (χ1) is 3.21. The van der Waals surface area contributed by atoms with Crippen LogP contribution in [0.25, 0.3) is 0 Å². The molecule has 0 aromatic heterocycles. The number of thiol groups is 1. The molecular weight excluding hydrogens is 295 g/mol. The first-order valence-electron chi connectivity index (χ1n) is 1.54. The molecule has 0 bridgehead atoms. The standard InChI is InChI=1S/C2H2N3S.Au/c6-2-1-3-5-4-2;/h1,6H;. The summed E-state index contributed by atoms with van der Waals surface area (Å²) >= 11 is 6.21. The average Bonchev–Trinajstić information content (AvgIpc) is 1.84. The van der Waals surface area contributed by atoms with E-state index in [-0.39, 0.29) is 0 Å². The Morgan fingerprint density at radius 2 is 2.43 bits per heavy atom. The predicted molar refractivity (Wildman–Crippen MR) is 25.1 cm³/mol. The van der Waals surface area contributed by atoms with Gasteiger partial charge in [-0.15, -0.1) is 0 Å². The molecule has 3 nitrogen and oxygen atoms in total. The van der Waals surface area contributed by atoms with Gasteiger partial charge in [-0.3, -0.25) is 0 Å². The molecule has 1 atom stereocenters. The molecule has 0 saturated heterocycles. The van der Waals surface area contributed by atoms with Crippen molar-refractivity contribution in [2.45, 2.75) is 3.09 Å². The summed E-state index contributed by atoms with van der Waals surface area (Å²) in [7, 11) is 0. The van der Waals surface area contributed by atoms with Gasteiger partial charge < -0.3 is 0 Å². The number of nitrogens with zero attached hydrogens (tertiary/aromatic N) is 3. The summed E-state index contributed by atoms with van der Waals surface area (Å²) in [6.07, 6.45) is 1.55. The molecule has 0 fully saturated rings. The van der Waals surface area contributed by atoms with Crippen LogP contribution in [0.4, 0.5) is 0 Å². The van der Waals surface area contributed by atoms with E-state index in [9.17, 15) is 0 Å². The molecule has 0 radical (unpaired) electrons. The second-order valence-electron chi connectivity index (χ2n) is 1.01. The maximum atomic E-state index is 4.01. The van der Waals surface area contributed by atoms with Crippen molar-refractivity contribution in [2.75, 3.05) is 0 Å². The van der Waals surface area contributed by atoms with Crippen LogP contribution in [-0.4, -0.2) is 9.30 Å². The van der Waals surface area contributed by atoms with Crippen molar-refractivity contribution in [1.29, 1.82) is 0 Å². The molecule has 1 heterocycles. The predicted octanol–water partition coefficient (Wildman–Crippen LogP) is 0.568. The van der Waals surface area contributed by atoms with Gasteiger partial charge in [-0.1, -0.05) is 0 Å². The first kappa shape index (κ1) is 5.50. The summed E-state index contributed by atoms with van der Waals surface area (Å²) < 4.78 is -0.500. The van der Waals surface area contributed by atoms with Crippen molar-refractivity contribution in [2.24, 2.45) is 15.4 Å². The van der Waals surface area contributed by atoms with Gasteiger partial charge in [-0.2, -0.15) is 0 Å². The molecule has 1 aliphatic rings. The van der Waals surface area contributed by atoms with Gasteiger partial charge in [0.15, 0.2) is 0 Å². The quantitative estimate of drug-likeness (QED) is 0.501. The topological polar surface area (TPSA) is 37.1 Å². The monoisotopic (exact) mass is 297 g/mol. The molecule has 0 amide bonds. The van der Waals surface area contributed by atoms with Crippen LogP contribution in [-0.2, 0) is 21.1 Å². The van der Waals surface area contributed by atoms with E-state index in [1.807, 2.05) is 0 Å². The normalized spacial score (nSPS) is 37.6. The van der Waals surface area contributed by atoms with Gasteiger partial charge in [0.05, 0.1) is 0 Å². The van der Waals surface area contributed by atoms with Gasteiger partial charge >= 0.3 is 58.4 Å². The molecule has 0 aromatic carbocycles. The third-order valence-corrected chi connectivity index (χ3v) is 1.14. The Labute approximate surface area is 58.6 Å². The van der Waals surface area contributed by atoms with E-state index in [0.717, 1.165) is 0 Å². The molecule has 1 aliphatic heterocycles. The van der Waals surface area contributed by atoms with Crippen molar-refractivity contribution < 1.29 is 21.1 Å². The summed E-state index contributed by atoms with van der Waals surface area (Å²) in [5.41, 5.74) is 0. The van der Waals surface area contributed by atoms with Gasteiger partial charge in [0, 0.05) is 0 Å². The van der Waals surface area contributed by atoms with Crippen molar-refractivity contribution >= 4 is 18.8 Å². The van der Waals surface area contributed by atoms with Crippen LogP contribution in [0.3, 0.4) is 0 Å². The molecule has 0 N–H and O–H groups in total. The molecule has 0 aliphatic carbocycles. The van der Waals surface area contributed by atoms with Crippen molar-refractivity contribution in [3.05, 3.63) is 0 Å². The van der Waals surface area contributed by atoms with Crippen LogP contribution in [0.2, 0.25) is 0 Å². The molecule has 0 aromatic rings. The van der Waals surface area contributed by atoms with Gasteiger partial charge in [0.2, 0.25) is 0 Å². The van der Waals surface area contributed by atoms with Crippen molar-refractivity contribution in [1.82, 2.24) is 0 Å². The Morgan fingerprint density at radius 3 is 2.57 bits per heavy atom. The van der Waals surface area contributed by atoms with Gasteiger partial charge in [-0.05, 0) is 0 Å². The number of hydrogen-bond donors (Lipinski definition) is 1. The second-order valence-corrected chi connectivity index (χ2v) is 4.17. The molecule has 42 valence electrons. The average molecular weight is 297 g/mol. The van der Waals surface area contributed by atoms with E-state index in [1.165, 1.54) is 0 Å². The Kier molecular flexibility index (Phi) is 1.34. The maximum absolute atomic E-state index is 4.01. The molecule has 5 heteroatoms. The zero-order valence-electron chi connectivity index (χ0n) is 3.17. The van der Waals surface area contributed by atoms with Crippen molar-refractivity contribution in [3.63, 3.8) is 0 Å². The van der Waals surface area contributed by atoms with E-state index in [1.54, 1.807) is 6.21 Å². The summed E-state index contributed by atoms with van der Waals surface area (Å²) in [6, 6.07) is 0. The Morgan fingerprint density at radius 1 is 1.71 bits per heavy atom. The van der Waals surface area contributed by atoms with Gasteiger partial charge in [0.25, 0.3) is 0 Å². The van der Waals surface area contributed by atoms with Crippen LogP contribution < -0.4 is 0 Å². The Hall–Kier alpha value is 0.360. The van der Waals surface area contributed by atoms with E-state index in [4.69, 9.17) is 0 Å². The fourth-order valence-corrected chi connectivity index (χ4v) is 0.519. The molecular formula is C2H2AuN3S. The third kappa shape index (κ3) is 1.38. The van der Waals surface area contributed by atoms with E-state index in [0.29, 0.717) is 0 Å². The Balaban J connectivity index is 2.77. The zero-order valence-corrected chi connectivity index (χ0v) is 6.23. The summed E-state index contributed by atoms with van der Waals surface area (Å²) in [5, 5.41) is 10.4. The van der Waals surface area contributed by atoms with Gasteiger partial charge in [-0.25, -0.2) is 0 Å². The van der Waals surface area contributed by atoms with Gasteiger partial charge in [0.1, 0.15) is 0 Å². The van der Waals surface area contributed by atoms with Crippen LogP contribution >= 0.6 is 12.6 Å². The van der Waals surface area contributed by atoms with Crippen LogP contribution in [0.5, 0.6) is 0 Å².